The van der Waals surface area contributed by atoms with E-state index >= 15 is 0 Å². The average Bonchev–Trinajstić information content (AvgIpc) is 2.02. The van der Waals surface area contributed by atoms with E-state index in [1.165, 1.54) is 0 Å². The van der Waals surface area contributed by atoms with E-state index in [-0.39, 0.29) is 11.9 Å². The Kier molecular flexibility index (Phi) is 4.90. The fraction of sp³-hybridized carbons (Fsp3) is 0.889. The second kappa shape index (κ2) is 5.14. The van der Waals surface area contributed by atoms with Crippen molar-refractivity contribution in [3.63, 3.8) is 0 Å². The second-order valence-corrected chi connectivity index (χ2v) is 3.47. The summed E-state index contributed by atoms with van der Waals surface area (Å²) in [6, 6.07) is -0.190. The van der Waals surface area contributed by atoms with Gasteiger partial charge in [0.25, 0.3) is 0 Å². The van der Waals surface area contributed by atoms with E-state index in [9.17, 15) is 4.79 Å². The van der Waals surface area contributed by atoms with Crippen molar-refractivity contribution in [3.8, 4) is 0 Å². The van der Waals surface area contributed by atoms with Crippen molar-refractivity contribution in [2.24, 2.45) is 11.7 Å². The molecule has 2 unspecified atom stereocenters. The minimum absolute atomic E-state index is 0.0669. The lowest BCUT2D eigenvalue weighted by Crippen LogP contribution is -2.44. The van der Waals surface area contributed by atoms with Gasteiger partial charge in [0.1, 0.15) is 0 Å². The number of amides is 1. The Hall–Kier alpha value is -0.570. The lowest BCUT2D eigenvalue weighted by atomic mass is 10.0. The smallest absolute Gasteiger partial charge is 0.236 e. The van der Waals surface area contributed by atoms with Gasteiger partial charge in [-0.3, -0.25) is 4.79 Å². The minimum atomic E-state index is -0.406. The lowest BCUT2D eigenvalue weighted by molar-refractivity contribution is -0.122. The predicted molar refractivity (Wildman–Crippen MR) is 50.7 cm³/mol. The van der Waals surface area contributed by atoms with Gasteiger partial charge in [-0.2, -0.15) is 0 Å². The van der Waals surface area contributed by atoms with Crippen molar-refractivity contribution in [2.45, 2.75) is 46.2 Å². The molecule has 0 rings (SSSR count). The Bertz CT molecular complexity index is 145. The first kappa shape index (κ1) is 11.4. The maximum absolute atomic E-state index is 11.1. The Balaban J connectivity index is 3.83. The molecule has 0 aliphatic rings. The minimum Gasteiger partial charge on any atom is -0.352 e. The first-order valence-electron chi connectivity index (χ1n) is 4.55. The van der Waals surface area contributed by atoms with Crippen LogP contribution >= 0.6 is 0 Å². The highest BCUT2D eigenvalue weighted by Gasteiger charge is 2.14. The number of hydrogen-bond donors (Lipinski definition) is 2. The van der Waals surface area contributed by atoms with Gasteiger partial charge in [-0.15, -0.1) is 0 Å². The van der Waals surface area contributed by atoms with Crippen molar-refractivity contribution >= 4 is 5.91 Å². The highest BCUT2D eigenvalue weighted by molar-refractivity contribution is 5.81. The second-order valence-electron chi connectivity index (χ2n) is 3.47. The van der Waals surface area contributed by atoms with E-state index in [1.807, 2.05) is 6.92 Å². The Morgan fingerprint density at radius 2 is 1.92 bits per heavy atom. The molecule has 0 aromatic heterocycles. The average molecular weight is 172 g/mol. The molecule has 0 fully saturated rings. The van der Waals surface area contributed by atoms with Gasteiger partial charge >= 0.3 is 0 Å². The summed E-state index contributed by atoms with van der Waals surface area (Å²) >= 11 is 0. The van der Waals surface area contributed by atoms with Crippen LogP contribution in [0.5, 0.6) is 0 Å². The maximum Gasteiger partial charge on any atom is 0.236 e. The van der Waals surface area contributed by atoms with Crippen molar-refractivity contribution in [2.75, 3.05) is 0 Å². The summed E-state index contributed by atoms with van der Waals surface area (Å²) < 4.78 is 0. The third kappa shape index (κ3) is 3.72. The summed E-state index contributed by atoms with van der Waals surface area (Å²) in [6.45, 7) is 7.93. The lowest BCUT2D eigenvalue weighted by Gasteiger charge is -2.20. The van der Waals surface area contributed by atoms with Crippen LogP contribution in [0.4, 0.5) is 0 Å². The van der Waals surface area contributed by atoms with Crippen LogP contribution in [0.3, 0.4) is 0 Å². The van der Waals surface area contributed by atoms with E-state index in [2.05, 4.69) is 19.2 Å². The molecule has 0 bridgehead atoms. The molecule has 0 aliphatic carbocycles. The Labute approximate surface area is 74.7 Å². The van der Waals surface area contributed by atoms with Crippen LogP contribution in [0.1, 0.15) is 34.1 Å². The molecule has 3 heteroatoms. The fourth-order valence-corrected chi connectivity index (χ4v) is 0.852. The molecule has 12 heavy (non-hydrogen) atoms. The van der Waals surface area contributed by atoms with Crippen LogP contribution < -0.4 is 11.1 Å². The Morgan fingerprint density at radius 3 is 2.25 bits per heavy atom. The molecule has 0 aromatic carbocycles. The van der Waals surface area contributed by atoms with Gasteiger partial charge in [0, 0.05) is 6.04 Å². The molecule has 72 valence electrons. The molecule has 0 heterocycles. The van der Waals surface area contributed by atoms with Gasteiger partial charge in [-0.05, 0) is 19.8 Å². The molecule has 0 saturated carbocycles. The molecule has 3 N–H and O–H groups in total. The third-order valence-electron chi connectivity index (χ3n) is 2.28. The molecule has 0 radical (unpaired) electrons. The fourth-order valence-electron chi connectivity index (χ4n) is 0.852. The number of rotatable bonds is 4. The predicted octanol–water partition coefficient (Wildman–Crippen LogP) is 0.884. The molecule has 0 saturated heterocycles. The number of hydrogen-bond acceptors (Lipinski definition) is 2. The third-order valence-corrected chi connectivity index (χ3v) is 2.28. The van der Waals surface area contributed by atoms with E-state index in [0.29, 0.717) is 5.92 Å². The monoisotopic (exact) mass is 172 g/mol. The topological polar surface area (TPSA) is 55.1 Å². The van der Waals surface area contributed by atoms with Gasteiger partial charge in [0.2, 0.25) is 5.91 Å². The molecule has 0 aromatic rings. The first-order chi connectivity index (χ1) is 5.49. The zero-order valence-electron chi connectivity index (χ0n) is 8.42. The van der Waals surface area contributed by atoms with E-state index in [1.54, 1.807) is 6.92 Å². The van der Waals surface area contributed by atoms with Gasteiger partial charge in [-0.1, -0.05) is 20.3 Å². The van der Waals surface area contributed by atoms with E-state index in [4.69, 9.17) is 5.73 Å². The highest BCUT2D eigenvalue weighted by atomic mass is 16.2. The Morgan fingerprint density at radius 1 is 1.42 bits per heavy atom. The molecule has 3 atom stereocenters. The van der Waals surface area contributed by atoms with Crippen molar-refractivity contribution in [1.29, 1.82) is 0 Å². The van der Waals surface area contributed by atoms with Gasteiger partial charge < -0.3 is 11.1 Å². The first-order valence-corrected chi connectivity index (χ1v) is 4.55. The molecular weight excluding hydrogens is 152 g/mol. The quantitative estimate of drug-likeness (QED) is 0.661. The van der Waals surface area contributed by atoms with Crippen molar-refractivity contribution in [1.82, 2.24) is 5.32 Å². The summed E-state index contributed by atoms with van der Waals surface area (Å²) in [7, 11) is 0. The number of nitrogens with one attached hydrogen (secondary N) is 1. The van der Waals surface area contributed by atoms with Crippen LogP contribution in [0.15, 0.2) is 0 Å². The van der Waals surface area contributed by atoms with Crippen LogP contribution in [-0.4, -0.2) is 18.0 Å². The standard InChI is InChI=1S/C9H20N2O/c1-5-6(2)8(4)11-9(12)7(3)10/h6-8H,5,10H2,1-4H3,(H,11,12)/t6?,7-,8?/m1/s1. The van der Waals surface area contributed by atoms with Gasteiger partial charge in [0.15, 0.2) is 0 Å². The maximum atomic E-state index is 11.1. The van der Waals surface area contributed by atoms with Gasteiger partial charge in [0.05, 0.1) is 6.04 Å². The molecule has 0 spiro atoms. The van der Waals surface area contributed by atoms with Crippen molar-refractivity contribution in [3.05, 3.63) is 0 Å². The summed E-state index contributed by atoms with van der Waals surface area (Å²) in [4.78, 5) is 11.1. The molecule has 0 aliphatic heterocycles. The van der Waals surface area contributed by atoms with Crippen molar-refractivity contribution < 1.29 is 4.79 Å². The number of carbonyl (C=O) groups is 1. The number of carbonyl (C=O) groups excluding carboxylic acids is 1. The van der Waals surface area contributed by atoms with Gasteiger partial charge in [-0.25, -0.2) is 0 Å². The summed E-state index contributed by atoms with van der Waals surface area (Å²) in [6.07, 6.45) is 1.07. The van der Waals surface area contributed by atoms with E-state index < -0.39 is 6.04 Å². The number of nitrogens with two attached hydrogens (primary N) is 1. The van der Waals surface area contributed by atoms with Crippen LogP contribution in [-0.2, 0) is 4.79 Å². The normalized spacial score (nSPS) is 18.1. The van der Waals surface area contributed by atoms with Crippen LogP contribution in [0.25, 0.3) is 0 Å². The van der Waals surface area contributed by atoms with E-state index in [0.717, 1.165) is 6.42 Å². The largest absolute Gasteiger partial charge is 0.352 e. The summed E-state index contributed by atoms with van der Waals surface area (Å²) in [5.74, 6) is 0.440. The highest BCUT2D eigenvalue weighted by Crippen LogP contribution is 2.06. The molecule has 3 nitrogen and oxygen atoms in total. The molecular formula is C9H20N2O. The zero-order chi connectivity index (χ0) is 9.72. The summed E-state index contributed by atoms with van der Waals surface area (Å²) in [5.41, 5.74) is 5.41. The van der Waals surface area contributed by atoms with Crippen LogP contribution in [0.2, 0.25) is 0 Å². The summed E-state index contributed by atoms with van der Waals surface area (Å²) in [5, 5.41) is 2.87. The zero-order valence-corrected chi connectivity index (χ0v) is 8.42. The van der Waals surface area contributed by atoms with Crippen LogP contribution in [0, 0.1) is 5.92 Å². The molecule has 1 amide bonds. The SMILES string of the molecule is CCC(C)C(C)NC(=O)[C@@H](C)N.